The Morgan fingerprint density at radius 2 is 1.84 bits per heavy atom. The number of nitrogens with zero attached hydrogens (tertiary/aromatic N) is 1. The number of methoxy groups -OCH3 is 1. The highest BCUT2D eigenvalue weighted by Crippen LogP contribution is 2.66. The number of ether oxygens (including phenoxy) is 1. The Balaban J connectivity index is 1.94. The lowest BCUT2D eigenvalue weighted by Gasteiger charge is -2.55. The van der Waals surface area contributed by atoms with E-state index in [-0.39, 0.29) is 51.9 Å². The third kappa shape index (κ3) is 5.32. The first-order chi connectivity index (χ1) is 17.1. The molecule has 0 aromatic heterocycles. The third-order valence-electron chi connectivity index (χ3n) is 11.2. The van der Waals surface area contributed by atoms with E-state index in [0.29, 0.717) is 24.9 Å². The standard InChI is InChI=1S/C31H54N2O4/c1-19(2)28(36)32-26-14-11-22-15-23(12-13-24(22)29(26,5)18-37-10)30(6)17-25(35)27(21(4)33(8)9)31(30,7)16-20(3)34/h11,19,21,23-27,35H,12-18H2,1-10H3,(H,32,36)/t21?,23?,24?,25-,26+,27?,29+,30+,31-/m1/s1. The molecule has 4 unspecified atom stereocenters. The zero-order valence-electron chi connectivity index (χ0n) is 25.2. The van der Waals surface area contributed by atoms with E-state index >= 15 is 0 Å². The summed E-state index contributed by atoms with van der Waals surface area (Å²) in [5, 5.41) is 14.8. The van der Waals surface area contributed by atoms with Gasteiger partial charge in [-0.05, 0) is 82.7 Å². The van der Waals surface area contributed by atoms with Gasteiger partial charge in [0, 0.05) is 42.9 Å². The SMILES string of the molecule is COC[C@@]1(C)C2CCC([C@]3(C)C[C@@H](O)C(C(C)N(C)C)[C@@]3(C)CC(C)=O)CC2=CC[C@@H]1NC(=O)C(C)C. The van der Waals surface area contributed by atoms with Crippen molar-refractivity contribution in [2.24, 2.45) is 39.9 Å². The molecule has 0 bridgehead atoms. The summed E-state index contributed by atoms with van der Waals surface area (Å²) in [5.74, 6) is 1.08. The second-order valence-electron chi connectivity index (χ2n) is 13.9. The van der Waals surface area contributed by atoms with Crippen LogP contribution >= 0.6 is 0 Å². The van der Waals surface area contributed by atoms with Crippen molar-refractivity contribution in [1.82, 2.24) is 10.2 Å². The molecule has 0 radical (unpaired) electrons. The summed E-state index contributed by atoms with van der Waals surface area (Å²) in [6, 6.07) is 0.242. The molecule has 0 heterocycles. The fraction of sp³-hybridized carbons (Fsp3) is 0.871. The number of aliphatic hydroxyl groups excluding tert-OH is 1. The van der Waals surface area contributed by atoms with Crippen molar-refractivity contribution in [3.63, 3.8) is 0 Å². The van der Waals surface area contributed by atoms with Crippen LogP contribution in [0.5, 0.6) is 0 Å². The van der Waals surface area contributed by atoms with Gasteiger partial charge in [-0.2, -0.15) is 0 Å². The molecule has 2 saturated carbocycles. The summed E-state index contributed by atoms with van der Waals surface area (Å²) in [6.07, 6.45) is 7.13. The van der Waals surface area contributed by atoms with Crippen molar-refractivity contribution in [1.29, 1.82) is 0 Å². The number of aliphatic hydroxyl groups is 1. The number of ketones is 1. The molecule has 3 rings (SSSR count). The van der Waals surface area contributed by atoms with Crippen molar-refractivity contribution in [2.75, 3.05) is 27.8 Å². The van der Waals surface area contributed by atoms with Crippen LogP contribution < -0.4 is 5.32 Å². The first-order valence-corrected chi connectivity index (χ1v) is 14.4. The van der Waals surface area contributed by atoms with Crippen LogP contribution in [0.3, 0.4) is 0 Å². The van der Waals surface area contributed by atoms with Crippen LogP contribution in [0.15, 0.2) is 11.6 Å². The topological polar surface area (TPSA) is 78.9 Å². The van der Waals surface area contributed by atoms with Crippen LogP contribution in [0.25, 0.3) is 0 Å². The van der Waals surface area contributed by atoms with Gasteiger partial charge in [-0.3, -0.25) is 4.79 Å². The zero-order valence-corrected chi connectivity index (χ0v) is 25.2. The van der Waals surface area contributed by atoms with Gasteiger partial charge < -0.3 is 24.9 Å². The molecule has 3 aliphatic carbocycles. The fourth-order valence-electron chi connectivity index (χ4n) is 8.71. The van der Waals surface area contributed by atoms with E-state index in [1.54, 1.807) is 14.0 Å². The molecule has 0 aromatic rings. The van der Waals surface area contributed by atoms with Crippen LogP contribution in [0.1, 0.15) is 87.0 Å². The van der Waals surface area contributed by atoms with Gasteiger partial charge in [0.1, 0.15) is 5.78 Å². The summed E-state index contributed by atoms with van der Waals surface area (Å²) in [6.45, 7) is 15.3. The maximum atomic E-state index is 12.6. The number of allylic oxidation sites excluding steroid dienone is 1. The molecule has 0 aliphatic heterocycles. The fourth-order valence-corrected chi connectivity index (χ4v) is 8.71. The molecule has 2 fully saturated rings. The maximum absolute atomic E-state index is 12.6. The number of rotatable bonds is 9. The molecule has 3 aliphatic rings. The second kappa shape index (κ2) is 11.1. The van der Waals surface area contributed by atoms with Crippen molar-refractivity contribution >= 4 is 11.7 Å². The first kappa shape index (κ1) is 30.3. The predicted molar refractivity (Wildman–Crippen MR) is 149 cm³/mol. The molecule has 37 heavy (non-hydrogen) atoms. The van der Waals surface area contributed by atoms with Gasteiger partial charge in [-0.15, -0.1) is 0 Å². The van der Waals surface area contributed by atoms with E-state index in [9.17, 15) is 14.7 Å². The minimum absolute atomic E-state index is 0.0434. The number of carbonyl (C=O) groups excluding carboxylic acids is 2. The average Bonchev–Trinajstić information content (AvgIpc) is 2.99. The molecule has 0 aromatic carbocycles. The highest BCUT2D eigenvalue weighted by molar-refractivity contribution is 5.78. The molecule has 6 heteroatoms. The predicted octanol–water partition coefficient (Wildman–Crippen LogP) is 4.85. The Labute approximate surface area is 226 Å². The number of amides is 1. The molecule has 212 valence electrons. The second-order valence-corrected chi connectivity index (χ2v) is 13.9. The van der Waals surface area contributed by atoms with Gasteiger partial charge >= 0.3 is 0 Å². The van der Waals surface area contributed by atoms with Gasteiger partial charge in [-0.25, -0.2) is 0 Å². The van der Waals surface area contributed by atoms with Crippen molar-refractivity contribution < 1.29 is 19.4 Å². The highest BCUT2D eigenvalue weighted by atomic mass is 16.5. The van der Waals surface area contributed by atoms with Crippen molar-refractivity contribution in [2.45, 2.75) is 105 Å². The Morgan fingerprint density at radius 3 is 2.38 bits per heavy atom. The third-order valence-corrected chi connectivity index (χ3v) is 11.2. The Morgan fingerprint density at radius 1 is 1.19 bits per heavy atom. The van der Waals surface area contributed by atoms with E-state index in [2.05, 4.69) is 58.1 Å². The van der Waals surface area contributed by atoms with Crippen LogP contribution in [0.4, 0.5) is 0 Å². The Bertz CT molecular complexity index is 884. The lowest BCUT2D eigenvalue weighted by Crippen LogP contribution is -2.56. The normalized spacial score (nSPS) is 40.9. The van der Waals surface area contributed by atoms with E-state index in [0.717, 1.165) is 32.1 Å². The van der Waals surface area contributed by atoms with Crippen LogP contribution in [0.2, 0.25) is 0 Å². The van der Waals surface area contributed by atoms with Gasteiger partial charge in [0.25, 0.3) is 0 Å². The number of carbonyl (C=O) groups is 2. The average molecular weight is 519 g/mol. The van der Waals surface area contributed by atoms with E-state index < -0.39 is 6.10 Å². The number of nitrogens with one attached hydrogen (secondary N) is 1. The van der Waals surface area contributed by atoms with E-state index in [1.807, 2.05) is 13.8 Å². The van der Waals surface area contributed by atoms with E-state index in [4.69, 9.17) is 4.74 Å². The number of hydrogen-bond acceptors (Lipinski definition) is 5. The maximum Gasteiger partial charge on any atom is 0.222 e. The van der Waals surface area contributed by atoms with Crippen molar-refractivity contribution in [3.05, 3.63) is 11.6 Å². The molecular formula is C31H54N2O4. The van der Waals surface area contributed by atoms with Gasteiger partial charge in [0.05, 0.1) is 12.7 Å². The van der Waals surface area contributed by atoms with Gasteiger partial charge in [0.15, 0.2) is 0 Å². The van der Waals surface area contributed by atoms with Crippen LogP contribution in [-0.2, 0) is 14.3 Å². The summed E-state index contributed by atoms with van der Waals surface area (Å²) < 4.78 is 5.75. The molecule has 0 spiro atoms. The highest BCUT2D eigenvalue weighted by Gasteiger charge is 2.63. The van der Waals surface area contributed by atoms with Crippen molar-refractivity contribution in [3.8, 4) is 0 Å². The smallest absolute Gasteiger partial charge is 0.222 e. The molecule has 0 saturated heterocycles. The van der Waals surface area contributed by atoms with E-state index in [1.165, 1.54) is 5.57 Å². The van der Waals surface area contributed by atoms with Crippen LogP contribution in [-0.4, -0.2) is 67.7 Å². The molecular weight excluding hydrogens is 464 g/mol. The lowest BCUT2D eigenvalue weighted by molar-refractivity contribution is -0.128. The van der Waals surface area contributed by atoms with Gasteiger partial charge in [0.2, 0.25) is 5.91 Å². The quantitative estimate of drug-likeness (QED) is 0.427. The Kier molecular flexibility index (Phi) is 9.09. The molecule has 1 amide bonds. The zero-order chi connectivity index (χ0) is 27.9. The summed E-state index contributed by atoms with van der Waals surface area (Å²) >= 11 is 0. The monoisotopic (exact) mass is 518 g/mol. The lowest BCUT2D eigenvalue weighted by atomic mass is 9.50. The summed E-state index contributed by atoms with van der Waals surface area (Å²) in [7, 11) is 5.91. The first-order valence-electron chi connectivity index (χ1n) is 14.4. The Hall–Kier alpha value is -1.24. The summed E-state index contributed by atoms with van der Waals surface area (Å²) in [5.41, 5.74) is 0.905. The van der Waals surface area contributed by atoms with Crippen LogP contribution in [0, 0.1) is 39.9 Å². The molecule has 6 nitrogen and oxygen atoms in total. The number of hydrogen-bond donors (Lipinski definition) is 2. The van der Waals surface area contributed by atoms with Gasteiger partial charge in [-0.1, -0.05) is 46.3 Å². The number of Topliss-reactive ketones (excluding diaryl/α,β-unsaturated/α-hetero) is 1. The molecule has 2 N–H and O–H groups in total. The minimum atomic E-state index is -0.417. The molecule has 9 atom stereocenters. The minimum Gasteiger partial charge on any atom is -0.393 e. The number of fused-ring (bicyclic) bond motifs is 1. The largest absolute Gasteiger partial charge is 0.393 e. The summed E-state index contributed by atoms with van der Waals surface area (Å²) in [4.78, 5) is 27.4.